The third-order valence-electron chi connectivity index (χ3n) is 4.82. The standard InChI is InChI=1S/C17H24ClN3O4S/c18-16-8-7-14(11-20-16)26(23,24)21(12-13-5-2-4-10-25-13)15-6-1-3-9-19-17(15)22/h7-8,11,13,15H,1-6,9-10,12H2,(H,19,22)/t13?,15-/m1/s1. The normalized spacial score (nSPS) is 24.9. The van der Waals surface area contributed by atoms with Crippen LogP contribution in [0.5, 0.6) is 0 Å². The number of hydrogen-bond acceptors (Lipinski definition) is 5. The van der Waals surface area contributed by atoms with Crippen molar-refractivity contribution >= 4 is 27.5 Å². The Bertz CT molecular complexity index is 720. The number of ether oxygens (including phenoxy) is 1. The fraction of sp³-hybridized carbons (Fsp3) is 0.647. The van der Waals surface area contributed by atoms with Crippen LogP contribution < -0.4 is 5.32 Å². The van der Waals surface area contributed by atoms with Gasteiger partial charge in [-0.2, -0.15) is 4.31 Å². The second kappa shape index (κ2) is 8.65. The zero-order valence-corrected chi connectivity index (χ0v) is 16.1. The molecule has 2 aliphatic rings. The van der Waals surface area contributed by atoms with E-state index in [0.717, 1.165) is 32.1 Å². The quantitative estimate of drug-likeness (QED) is 0.762. The van der Waals surface area contributed by atoms with Crippen LogP contribution in [0.25, 0.3) is 0 Å². The molecule has 2 aliphatic heterocycles. The van der Waals surface area contributed by atoms with Crippen molar-refractivity contribution in [1.82, 2.24) is 14.6 Å². The lowest BCUT2D eigenvalue weighted by Crippen LogP contribution is -2.51. The van der Waals surface area contributed by atoms with Gasteiger partial charge in [0.1, 0.15) is 16.1 Å². The second-order valence-corrected chi connectivity index (χ2v) is 8.96. The summed E-state index contributed by atoms with van der Waals surface area (Å²) in [6.45, 7) is 1.37. The molecule has 3 heterocycles. The predicted molar refractivity (Wildman–Crippen MR) is 97.4 cm³/mol. The molecule has 0 spiro atoms. The van der Waals surface area contributed by atoms with Crippen LogP contribution in [0.4, 0.5) is 0 Å². The molecule has 3 rings (SSSR count). The fourth-order valence-corrected chi connectivity index (χ4v) is 5.10. The number of pyridine rings is 1. The molecule has 1 aromatic heterocycles. The summed E-state index contributed by atoms with van der Waals surface area (Å²) in [6.07, 6.45) is 5.94. The van der Waals surface area contributed by atoms with E-state index in [0.29, 0.717) is 19.6 Å². The number of sulfonamides is 1. The summed E-state index contributed by atoms with van der Waals surface area (Å²) in [4.78, 5) is 16.5. The molecule has 0 radical (unpaired) electrons. The van der Waals surface area contributed by atoms with E-state index in [1.54, 1.807) is 0 Å². The van der Waals surface area contributed by atoms with E-state index in [-0.39, 0.29) is 28.6 Å². The van der Waals surface area contributed by atoms with Crippen molar-refractivity contribution in [3.63, 3.8) is 0 Å². The third kappa shape index (κ3) is 4.54. The van der Waals surface area contributed by atoms with E-state index in [1.807, 2.05) is 0 Å². The fourth-order valence-electron chi connectivity index (χ4n) is 3.39. The van der Waals surface area contributed by atoms with E-state index < -0.39 is 16.1 Å². The lowest BCUT2D eigenvalue weighted by molar-refractivity contribution is -0.125. The van der Waals surface area contributed by atoms with Crippen molar-refractivity contribution in [2.75, 3.05) is 19.7 Å². The average Bonchev–Trinajstić information content (AvgIpc) is 2.85. The molecule has 1 unspecified atom stereocenters. The number of carbonyl (C=O) groups excluding carboxylic acids is 1. The molecule has 7 nitrogen and oxygen atoms in total. The molecular formula is C17H24ClN3O4S. The summed E-state index contributed by atoms with van der Waals surface area (Å²) in [7, 11) is -3.89. The third-order valence-corrected chi connectivity index (χ3v) is 6.90. The number of amides is 1. The van der Waals surface area contributed by atoms with Crippen LogP contribution in [0.15, 0.2) is 23.2 Å². The number of nitrogens with one attached hydrogen (secondary N) is 1. The SMILES string of the molecule is O=C1NCCCC[C@H]1N(CC1CCCCO1)S(=O)(=O)c1ccc(Cl)nc1. The first-order chi connectivity index (χ1) is 12.5. The Morgan fingerprint density at radius 3 is 2.73 bits per heavy atom. The largest absolute Gasteiger partial charge is 0.377 e. The molecule has 2 atom stereocenters. The van der Waals surface area contributed by atoms with Gasteiger partial charge >= 0.3 is 0 Å². The van der Waals surface area contributed by atoms with Crippen molar-refractivity contribution in [1.29, 1.82) is 0 Å². The molecule has 2 saturated heterocycles. The summed E-state index contributed by atoms with van der Waals surface area (Å²) >= 11 is 5.79. The minimum absolute atomic E-state index is 0.0368. The van der Waals surface area contributed by atoms with Crippen LogP contribution in [-0.4, -0.2) is 55.5 Å². The van der Waals surface area contributed by atoms with E-state index in [2.05, 4.69) is 10.3 Å². The predicted octanol–water partition coefficient (Wildman–Crippen LogP) is 1.96. The number of rotatable bonds is 5. The zero-order chi connectivity index (χ0) is 18.6. The first kappa shape index (κ1) is 19.5. The van der Waals surface area contributed by atoms with Crippen molar-refractivity contribution in [3.05, 3.63) is 23.5 Å². The molecule has 0 bridgehead atoms. The molecule has 1 aromatic rings. The highest BCUT2D eigenvalue weighted by Crippen LogP contribution is 2.25. The molecule has 0 aromatic carbocycles. The van der Waals surface area contributed by atoms with E-state index in [9.17, 15) is 13.2 Å². The van der Waals surface area contributed by atoms with Gasteiger partial charge in [-0.1, -0.05) is 11.6 Å². The van der Waals surface area contributed by atoms with Crippen molar-refractivity contribution in [2.45, 2.75) is 55.6 Å². The summed E-state index contributed by atoms with van der Waals surface area (Å²) in [5.74, 6) is -0.246. The average molecular weight is 402 g/mol. The van der Waals surface area contributed by atoms with Gasteiger partial charge < -0.3 is 10.1 Å². The van der Waals surface area contributed by atoms with Crippen LogP contribution >= 0.6 is 11.6 Å². The first-order valence-electron chi connectivity index (χ1n) is 9.01. The number of nitrogens with zero attached hydrogens (tertiary/aromatic N) is 2. The highest BCUT2D eigenvalue weighted by molar-refractivity contribution is 7.89. The summed E-state index contributed by atoms with van der Waals surface area (Å²) in [5, 5.41) is 3.04. The minimum atomic E-state index is -3.89. The van der Waals surface area contributed by atoms with Crippen molar-refractivity contribution < 1.29 is 17.9 Å². The minimum Gasteiger partial charge on any atom is -0.377 e. The Balaban J connectivity index is 1.92. The molecular weight excluding hydrogens is 378 g/mol. The van der Waals surface area contributed by atoms with Crippen LogP contribution in [0.2, 0.25) is 5.15 Å². The molecule has 26 heavy (non-hydrogen) atoms. The van der Waals surface area contributed by atoms with Gasteiger partial charge in [0.15, 0.2) is 0 Å². The van der Waals surface area contributed by atoms with Crippen LogP contribution in [-0.2, 0) is 19.6 Å². The number of halogens is 1. The molecule has 2 fully saturated rings. The Hall–Kier alpha value is -1.22. The monoisotopic (exact) mass is 401 g/mol. The highest BCUT2D eigenvalue weighted by atomic mass is 35.5. The maximum absolute atomic E-state index is 13.3. The summed E-state index contributed by atoms with van der Waals surface area (Å²) < 4.78 is 33.6. The molecule has 0 saturated carbocycles. The molecule has 1 amide bonds. The van der Waals surface area contributed by atoms with Crippen molar-refractivity contribution in [2.24, 2.45) is 0 Å². The van der Waals surface area contributed by atoms with Crippen LogP contribution in [0.1, 0.15) is 38.5 Å². The Morgan fingerprint density at radius 1 is 1.23 bits per heavy atom. The van der Waals surface area contributed by atoms with Gasteiger partial charge in [0.05, 0.1) is 6.10 Å². The van der Waals surface area contributed by atoms with E-state index in [4.69, 9.17) is 16.3 Å². The highest BCUT2D eigenvalue weighted by Gasteiger charge is 2.38. The number of aromatic nitrogens is 1. The smallest absolute Gasteiger partial charge is 0.245 e. The van der Waals surface area contributed by atoms with Crippen LogP contribution in [0, 0.1) is 0 Å². The van der Waals surface area contributed by atoms with Gasteiger partial charge in [0, 0.05) is 25.9 Å². The molecule has 144 valence electrons. The van der Waals surface area contributed by atoms with E-state index >= 15 is 0 Å². The lowest BCUT2D eigenvalue weighted by Gasteiger charge is -2.33. The Kier molecular flexibility index (Phi) is 6.50. The second-order valence-electron chi connectivity index (χ2n) is 6.68. The zero-order valence-electron chi connectivity index (χ0n) is 14.6. The van der Waals surface area contributed by atoms with Gasteiger partial charge in [-0.25, -0.2) is 13.4 Å². The maximum Gasteiger partial charge on any atom is 0.245 e. The van der Waals surface area contributed by atoms with Gasteiger partial charge in [-0.3, -0.25) is 4.79 Å². The Labute approximate surface area is 159 Å². The summed E-state index contributed by atoms with van der Waals surface area (Å²) in [5.41, 5.74) is 0. The van der Waals surface area contributed by atoms with Crippen molar-refractivity contribution in [3.8, 4) is 0 Å². The lowest BCUT2D eigenvalue weighted by atomic mass is 10.1. The summed E-state index contributed by atoms with van der Waals surface area (Å²) in [6, 6.07) is 2.13. The number of carbonyl (C=O) groups is 1. The molecule has 1 N–H and O–H groups in total. The molecule has 9 heteroatoms. The van der Waals surface area contributed by atoms with E-state index in [1.165, 1.54) is 22.6 Å². The van der Waals surface area contributed by atoms with Gasteiger partial charge in [-0.05, 0) is 50.7 Å². The van der Waals surface area contributed by atoms with Gasteiger partial charge in [-0.15, -0.1) is 0 Å². The van der Waals surface area contributed by atoms with Gasteiger partial charge in [0.25, 0.3) is 0 Å². The topological polar surface area (TPSA) is 88.6 Å². The van der Waals surface area contributed by atoms with Gasteiger partial charge in [0.2, 0.25) is 15.9 Å². The molecule has 0 aliphatic carbocycles. The first-order valence-corrected chi connectivity index (χ1v) is 10.8. The maximum atomic E-state index is 13.3. The number of hydrogen-bond donors (Lipinski definition) is 1. The van der Waals surface area contributed by atoms with Crippen LogP contribution in [0.3, 0.4) is 0 Å². The Morgan fingerprint density at radius 2 is 2.04 bits per heavy atom.